The fourth-order valence-electron chi connectivity index (χ4n) is 2.95. The van der Waals surface area contributed by atoms with Crippen molar-refractivity contribution in [1.29, 1.82) is 0 Å². The third-order valence-electron chi connectivity index (χ3n) is 3.87. The van der Waals surface area contributed by atoms with E-state index in [-0.39, 0.29) is 0 Å². The summed E-state index contributed by atoms with van der Waals surface area (Å²) in [4.78, 5) is 4.18. The highest BCUT2D eigenvalue weighted by molar-refractivity contribution is 7.10. The van der Waals surface area contributed by atoms with E-state index in [2.05, 4.69) is 41.6 Å². The van der Waals surface area contributed by atoms with Crippen molar-refractivity contribution >= 4 is 11.3 Å². The summed E-state index contributed by atoms with van der Waals surface area (Å²) in [6, 6.07) is 5.15. The van der Waals surface area contributed by atoms with Gasteiger partial charge in [0.1, 0.15) is 0 Å². The molecule has 1 aromatic heterocycles. The Morgan fingerprint density at radius 1 is 1.35 bits per heavy atom. The molecule has 1 aliphatic rings. The molecule has 1 atom stereocenters. The minimum absolute atomic E-state index is 0.645. The zero-order chi connectivity index (χ0) is 12.1. The van der Waals surface area contributed by atoms with Gasteiger partial charge in [0.2, 0.25) is 0 Å². The van der Waals surface area contributed by atoms with E-state index in [1.807, 2.05) is 11.3 Å². The van der Waals surface area contributed by atoms with Crippen LogP contribution in [0.4, 0.5) is 0 Å². The molecular weight excluding hydrogens is 228 g/mol. The lowest BCUT2D eigenvalue weighted by atomic mass is 9.88. The quantitative estimate of drug-likeness (QED) is 0.866. The molecule has 0 amide bonds. The van der Waals surface area contributed by atoms with Gasteiger partial charge in [0, 0.05) is 10.9 Å². The summed E-state index contributed by atoms with van der Waals surface area (Å²) >= 11 is 1.92. The summed E-state index contributed by atoms with van der Waals surface area (Å²) in [5, 5.41) is 5.69. The summed E-state index contributed by atoms with van der Waals surface area (Å²) in [5.41, 5.74) is 0. The highest BCUT2D eigenvalue weighted by Crippen LogP contribution is 2.36. The lowest BCUT2D eigenvalue weighted by molar-refractivity contribution is 0.135. The molecule has 1 saturated heterocycles. The van der Waals surface area contributed by atoms with E-state index in [0.717, 1.165) is 19.0 Å². The molecule has 2 rings (SSSR count). The molecule has 1 aliphatic heterocycles. The molecule has 1 aromatic rings. The minimum Gasteiger partial charge on any atom is -0.317 e. The van der Waals surface area contributed by atoms with E-state index in [4.69, 9.17) is 0 Å². The van der Waals surface area contributed by atoms with Crippen molar-refractivity contribution in [2.75, 3.05) is 26.2 Å². The van der Waals surface area contributed by atoms with Gasteiger partial charge in [0.05, 0.1) is 0 Å². The molecule has 17 heavy (non-hydrogen) atoms. The first kappa shape index (κ1) is 13.1. The van der Waals surface area contributed by atoms with Crippen LogP contribution in [0.1, 0.15) is 37.6 Å². The first-order valence-electron chi connectivity index (χ1n) is 6.85. The van der Waals surface area contributed by atoms with Crippen LogP contribution in [-0.2, 0) is 0 Å². The van der Waals surface area contributed by atoms with Crippen LogP contribution in [0.25, 0.3) is 0 Å². The predicted octanol–water partition coefficient (Wildman–Crippen LogP) is 3.13. The molecule has 0 aromatic carbocycles. The Labute approximate surface area is 109 Å². The van der Waals surface area contributed by atoms with Crippen LogP contribution in [0.2, 0.25) is 0 Å². The second-order valence-electron chi connectivity index (χ2n) is 4.77. The third kappa shape index (κ3) is 3.09. The second kappa shape index (κ2) is 6.53. The van der Waals surface area contributed by atoms with E-state index in [9.17, 15) is 0 Å². The number of nitrogens with one attached hydrogen (secondary N) is 1. The van der Waals surface area contributed by atoms with Gasteiger partial charge in [-0.2, -0.15) is 0 Å². The lowest BCUT2D eigenvalue weighted by Gasteiger charge is -2.37. The Morgan fingerprint density at radius 2 is 2.06 bits per heavy atom. The number of nitrogens with zero attached hydrogens (tertiary/aromatic N) is 1. The van der Waals surface area contributed by atoms with E-state index < -0.39 is 0 Å². The Balaban J connectivity index is 2.16. The van der Waals surface area contributed by atoms with Crippen molar-refractivity contribution in [2.45, 2.75) is 32.7 Å². The Morgan fingerprint density at radius 3 is 2.59 bits per heavy atom. The van der Waals surface area contributed by atoms with Crippen molar-refractivity contribution < 1.29 is 0 Å². The van der Waals surface area contributed by atoms with Gasteiger partial charge in [-0.25, -0.2) is 0 Å². The van der Waals surface area contributed by atoms with Gasteiger partial charge in [-0.1, -0.05) is 19.9 Å². The van der Waals surface area contributed by atoms with Gasteiger partial charge in [0.25, 0.3) is 0 Å². The molecule has 1 fully saturated rings. The maximum atomic E-state index is 3.47. The van der Waals surface area contributed by atoms with Gasteiger partial charge in [-0.05, 0) is 56.4 Å². The third-order valence-corrected chi connectivity index (χ3v) is 4.81. The second-order valence-corrected chi connectivity index (χ2v) is 5.75. The Bertz CT molecular complexity index is 300. The summed E-state index contributed by atoms with van der Waals surface area (Å²) in [6.07, 6.45) is 2.64. The molecule has 0 radical (unpaired) electrons. The summed E-state index contributed by atoms with van der Waals surface area (Å²) in [7, 11) is 0. The Kier molecular flexibility index (Phi) is 5.01. The standard InChI is InChI=1S/C14H24N2S/c1-3-16(4-2)14(13-6-5-11-17-13)12-7-9-15-10-8-12/h5-6,11-12,14-15H,3-4,7-10H2,1-2H3. The van der Waals surface area contributed by atoms with Crippen LogP contribution < -0.4 is 5.32 Å². The van der Waals surface area contributed by atoms with Crippen LogP contribution in [0.3, 0.4) is 0 Å². The largest absolute Gasteiger partial charge is 0.317 e. The number of rotatable bonds is 5. The Hall–Kier alpha value is -0.380. The van der Waals surface area contributed by atoms with Crippen LogP contribution in [-0.4, -0.2) is 31.1 Å². The number of hydrogen-bond donors (Lipinski definition) is 1. The highest BCUT2D eigenvalue weighted by Gasteiger charge is 2.29. The fraction of sp³-hybridized carbons (Fsp3) is 0.714. The molecule has 1 unspecified atom stereocenters. The highest BCUT2D eigenvalue weighted by atomic mass is 32.1. The van der Waals surface area contributed by atoms with Crippen LogP contribution in [0, 0.1) is 5.92 Å². The monoisotopic (exact) mass is 252 g/mol. The molecule has 96 valence electrons. The number of piperidine rings is 1. The van der Waals surface area contributed by atoms with E-state index in [1.54, 1.807) is 4.88 Å². The van der Waals surface area contributed by atoms with E-state index in [1.165, 1.54) is 25.9 Å². The normalized spacial score (nSPS) is 19.7. The SMILES string of the molecule is CCN(CC)C(c1cccs1)C1CCNCC1. The smallest absolute Gasteiger partial charge is 0.0470 e. The maximum Gasteiger partial charge on any atom is 0.0470 e. The molecule has 0 bridgehead atoms. The van der Waals surface area contributed by atoms with Crippen LogP contribution in [0.5, 0.6) is 0 Å². The van der Waals surface area contributed by atoms with Gasteiger partial charge >= 0.3 is 0 Å². The van der Waals surface area contributed by atoms with Gasteiger partial charge < -0.3 is 5.32 Å². The van der Waals surface area contributed by atoms with Crippen molar-refractivity contribution in [2.24, 2.45) is 5.92 Å². The molecular formula is C14H24N2S. The number of thiophene rings is 1. The van der Waals surface area contributed by atoms with Crippen molar-refractivity contribution in [3.63, 3.8) is 0 Å². The molecule has 3 heteroatoms. The molecule has 2 heterocycles. The van der Waals surface area contributed by atoms with Gasteiger partial charge in [-0.15, -0.1) is 11.3 Å². The van der Waals surface area contributed by atoms with Crippen molar-refractivity contribution in [1.82, 2.24) is 10.2 Å². The van der Waals surface area contributed by atoms with Gasteiger partial charge in [0.15, 0.2) is 0 Å². The van der Waals surface area contributed by atoms with Crippen molar-refractivity contribution in [3.8, 4) is 0 Å². The van der Waals surface area contributed by atoms with Crippen molar-refractivity contribution in [3.05, 3.63) is 22.4 Å². The minimum atomic E-state index is 0.645. The fourth-order valence-corrected chi connectivity index (χ4v) is 3.90. The average molecular weight is 252 g/mol. The first-order valence-corrected chi connectivity index (χ1v) is 7.73. The van der Waals surface area contributed by atoms with E-state index in [0.29, 0.717) is 6.04 Å². The topological polar surface area (TPSA) is 15.3 Å². The van der Waals surface area contributed by atoms with Gasteiger partial charge in [-0.3, -0.25) is 4.90 Å². The zero-order valence-corrected chi connectivity index (χ0v) is 11.8. The first-order chi connectivity index (χ1) is 8.36. The zero-order valence-electron chi connectivity index (χ0n) is 11.0. The number of hydrogen-bond acceptors (Lipinski definition) is 3. The molecule has 0 spiro atoms. The summed E-state index contributed by atoms with van der Waals surface area (Å²) < 4.78 is 0. The van der Waals surface area contributed by atoms with E-state index >= 15 is 0 Å². The molecule has 0 saturated carbocycles. The van der Waals surface area contributed by atoms with Crippen LogP contribution in [0.15, 0.2) is 17.5 Å². The lowest BCUT2D eigenvalue weighted by Crippen LogP contribution is -2.38. The molecule has 1 N–H and O–H groups in total. The summed E-state index contributed by atoms with van der Waals surface area (Å²) in [6.45, 7) is 9.25. The summed E-state index contributed by atoms with van der Waals surface area (Å²) in [5.74, 6) is 0.829. The van der Waals surface area contributed by atoms with Crippen LogP contribution >= 0.6 is 11.3 Å². The predicted molar refractivity (Wildman–Crippen MR) is 75.6 cm³/mol. The molecule has 0 aliphatic carbocycles. The maximum absolute atomic E-state index is 3.47. The molecule has 2 nitrogen and oxygen atoms in total. The average Bonchev–Trinajstić information content (AvgIpc) is 2.90.